The van der Waals surface area contributed by atoms with Crippen LogP contribution in [0.2, 0.25) is 5.02 Å². The van der Waals surface area contributed by atoms with E-state index in [-0.39, 0.29) is 11.3 Å². The smallest absolute Gasteiger partial charge is 0.225 e. The fraction of sp³-hybridized carbons (Fsp3) is 0.533. The molecule has 0 aliphatic rings. The molecule has 5 heteroatoms. The number of anilines is 1. The van der Waals surface area contributed by atoms with Crippen LogP contribution in [-0.2, 0) is 4.79 Å². The van der Waals surface area contributed by atoms with E-state index in [1.165, 1.54) is 0 Å². The maximum Gasteiger partial charge on any atom is 0.225 e. The third-order valence-corrected chi connectivity index (χ3v) is 3.45. The minimum absolute atomic E-state index is 0.0319. The Kier molecular flexibility index (Phi) is 6.46. The fourth-order valence-corrected chi connectivity index (χ4v) is 2.12. The van der Waals surface area contributed by atoms with Gasteiger partial charge in [0.1, 0.15) is 0 Å². The quantitative estimate of drug-likeness (QED) is 0.813. The zero-order chi connectivity index (χ0) is 15.2. The molecule has 0 radical (unpaired) electrons. The first-order chi connectivity index (χ1) is 9.34. The van der Waals surface area contributed by atoms with Gasteiger partial charge in [-0.2, -0.15) is 0 Å². The highest BCUT2D eigenvalue weighted by Crippen LogP contribution is 2.20. The van der Waals surface area contributed by atoms with Gasteiger partial charge in [-0.05, 0) is 31.1 Å². The van der Waals surface area contributed by atoms with Crippen LogP contribution in [0.15, 0.2) is 24.3 Å². The second-order valence-corrected chi connectivity index (χ2v) is 6.29. The van der Waals surface area contributed by atoms with Crippen molar-refractivity contribution in [1.82, 2.24) is 4.90 Å². The van der Waals surface area contributed by atoms with Gasteiger partial charge in [0.25, 0.3) is 0 Å². The van der Waals surface area contributed by atoms with Gasteiger partial charge in [-0.1, -0.05) is 37.6 Å². The number of benzene rings is 1. The molecular formula is C15H24ClN3O. The first-order valence-corrected chi connectivity index (χ1v) is 7.15. The van der Waals surface area contributed by atoms with E-state index in [9.17, 15) is 4.79 Å². The fourth-order valence-electron chi connectivity index (χ4n) is 1.94. The summed E-state index contributed by atoms with van der Waals surface area (Å²) in [7, 11) is 2.00. The van der Waals surface area contributed by atoms with E-state index < -0.39 is 0 Å². The molecule has 0 atom stereocenters. The highest BCUT2D eigenvalue weighted by atomic mass is 35.5. The number of nitrogens with zero attached hydrogens (tertiary/aromatic N) is 1. The maximum atomic E-state index is 11.9. The zero-order valence-corrected chi connectivity index (χ0v) is 13.2. The standard InChI is InChI=1S/C15H24ClN3O/c1-15(2,10-17)11-19(3)9-8-14(20)18-13-7-5-4-6-12(13)16/h4-7H,8-11,17H2,1-3H3,(H,18,20). The van der Waals surface area contributed by atoms with E-state index in [4.69, 9.17) is 17.3 Å². The van der Waals surface area contributed by atoms with Crippen LogP contribution in [0.25, 0.3) is 0 Å². The molecule has 0 unspecified atom stereocenters. The highest BCUT2D eigenvalue weighted by Gasteiger charge is 2.18. The normalized spacial score (nSPS) is 11.7. The number of hydrogen-bond donors (Lipinski definition) is 2. The molecule has 0 fully saturated rings. The van der Waals surface area contributed by atoms with Crippen molar-refractivity contribution in [3.8, 4) is 0 Å². The Balaban J connectivity index is 2.39. The summed E-state index contributed by atoms with van der Waals surface area (Å²) in [6.07, 6.45) is 0.433. The lowest BCUT2D eigenvalue weighted by atomic mass is 9.93. The van der Waals surface area contributed by atoms with Gasteiger partial charge in [0, 0.05) is 19.5 Å². The molecule has 1 rings (SSSR count). The molecule has 1 amide bonds. The third-order valence-electron chi connectivity index (χ3n) is 3.12. The molecule has 0 saturated heterocycles. The summed E-state index contributed by atoms with van der Waals surface area (Å²) >= 11 is 6.00. The van der Waals surface area contributed by atoms with E-state index >= 15 is 0 Å². The van der Waals surface area contributed by atoms with Crippen LogP contribution >= 0.6 is 11.6 Å². The van der Waals surface area contributed by atoms with Crippen molar-refractivity contribution in [2.24, 2.45) is 11.1 Å². The van der Waals surface area contributed by atoms with E-state index in [1.807, 2.05) is 19.2 Å². The first-order valence-electron chi connectivity index (χ1n) is 6.77. The van der Waals surface area contributed by atoms with Crippen LogP contribution in [0.3, 0.4) is 0 Å². The summed E-state index contributed by atoms with van der Waals surface area (Å²) in [4.78, 5) is 14.0. The van der Waals surface area contributed by atoms with Gasteiger partial charge >= 0.3 is 0 Å². The summed E-state index contributed by atoms with van der Waals surface area (Å²) in [6, 6.07) is 7.23. The van der Waals surface area contributed by atoms with Gasteiger partial charge in [-0.15, -0.1) is 0 Å². The number of nitrogens with two attached hydrogens (primary N) is 1. The minimum atomic E-state index is -0.0319. The predicted molar refractivity (Wildman–Crippen MR) is 85.0 cm³/mol. The summed E-state index contributed by atoms with van der Waals surface area (Å²) in [5.74, 6) is -0.0319. The Morgan fingerprint density at radius 3 is 2.65 bits per heavy atom. The lowest BCUT2D eigenvalue weighted by Crippen LogP contribution is -2.37. The molecule has 112 valence electrons. The summed E-state index contributed by atoms with van der Waals surface area (Å²) in [5, 5.41) is 3.37. The summed E-state index contributed by atoms with van der Waals surface area (Å²) in [6.45, 7) is 6.42. The maximum absolute atomic E-state index is 11.9. The second-order valence-electron chi connectivity index (χ2n) is 5.88. The number of carbonyl (C=O) groups excluding carboxylic acids is 1. The Labute approximate surface area is 126 Å². The largest absolute Gasteiger partial charge is 0.330 e. The molecule has 0 aromatic heterocycles. The van der Waals surface area contributed by atoms with Crippen LogP contribution in [0.1, 0.15) is 20.3 Å². The molecule has 0 heterocycles. The third kappa shape index (κ3) is 5.90. The van der Waals surface area contributed by atoms with Crippen LogP contribution in [0, 0.1) is 5.41 Å². The summed E-state index contributed by atoms with van der Waals surface area (Å²) in [5.41, 5.74) is 6.43. The Morgan fingerprint density at radius 2 is 2.05 bits per heavy atom. The molecule has 1 aromatic rings. The van der Waals surface area contributed by atoms with Gasteiger partial charge in [-0.25, -0.2) is 0 Å². The van der Waals surface area contributed by atoms with Crippen LogP contribution in [0.5, 0.6) is 0 Å². The predicted octanol–water partition coefficient (Wildman–Crippen LogP) is 2.59. The molecule has 20 heavy (non-hydrogen) atoms. The topological polar surface area (TPSA) is 58.4 Å². The first kappa shape index (κ1) is 17.0. The van der Waals surface area contributed by atoms with Gasteiger partial charge in [0.2, 0.25) is 5.91 Å². The van der Waals surface area contributed by atoms with Crippen molar-refractivity contribution in [3.05, 3.63) is 29.3 Å². The molecule has 0 bridgehead atoms. The van der Waals surface area contributed by atoms with Crippen molar-refractivity contribution in [2.45, 2.75) is 20.3 Å². The minimum Gasteiger partial charge on any atom is -0.330 e. The van der Waals surface area contributed by atoms with Crippen LogP contribution in [0.4, 0.5) is 5.69 Å². The number of halogens is 1. The Bertz CT molecular complexity index is 448. The number of amides is 1. The number of para-hydroxylation sites is 1. The zero-order valence-electron chi connectivity index (χ0n) is 12.4. The lowest BCUT2D eigenvalue weighted by Gasteiger charge is -2.28. The van der Waals surface area contributed by atoms with Gasteiger partial charge < -0.3 is 16.0 Å². The molecule has 3 N–H and O–H groups in total. The van der Waals surface area contributed by atoms with Crippen molar-refractivity contribution in [2.75, 3.05) is 32.0 Å². The molecule has 4 nitrogen and oxygen atoms in total. The summed E-state index contributed by atoms with van der Waals surface area (Å²) < 4.78 is 0. The highest BCUT2D eigenvalue weighted by molar-refractivity contribution is 6.33. The van der Waals surface area contributed by atoms with Crippen molar-refractivity contribution in [3.63, 3.8) is 0 Å². The number of nitrogens with one attached hydrogen (secondary N) is 1. The van der Waals surface area contributed by atoms with Gasteiger partial charge in [0.15, 0.2) is 0 Å². The van der Waals surface area contributed by atoms with Crippen LogP contribution in [-0.4, -0.2) is 37.5 Å². The monoisotopic (exact) mass is 297 g/mol. The number of hydrogen-bond acceptors (Lipinski definition) is 3. The lowest BCUT2D eigenvalue weighted by molar-refractivity contribution is -0.116. The number of rotatable bonds is 7. The number of carbonyl (C=O) groups is 1. The van der Waals surface area contributed by atoms with E-state index in [2.05, 4.69) is 24.1 Å². The molecule has 1 aromatic carbocycles. The molecule has 0 aliphatic carbocycles. The Morgan fingerprint density at radius 1 is 1.40 bits per heavy atom. The SMILES string of the molecule is CN(CCC(=O)Nc1ccccc1Cl)CC(C)(C)CN. The van der Waals surface area contributed by atoms with Crippen molar-refractivity contribution < 1.29 is 4.79 Å². The Hall–Kier alpha value is -1.10. The molecule has 0 spiro atoms. The van der Waals surface area contributed by atoms with Crippen LogP contribution < -0.4 is 11.1 Å². The molecular weight excluding hydrogens is 274 g/mol. The van der Waals surface area contributed by atoms with Gasteiger partial charge in [0.05, 0.1) is 10.7 Å². The molecule has 0 saturated carbocycles. The van der Waals surface area contributed by atoms with E-state index in [0.29, 0.717) is 30.2 Å². The molecule has 0 aliphatic heterocycles. The van der Waals surface area contributed by atoms with E-state index in [0.717, 1.165) is 6.54 Å². The average Bonchev–Trinajstić information content (AvgIpc) is 2.39. The van der Waals surface area contributed by atoms with Crippen molar-refractivity contribution in [1.29, 1.82) is 0 Å². The second kappa shape index (κ2) is 7.62. The van der Waals surface area contributed by atoms with Crippen molar-refractivity contribution >= 4 is 23.2 Å². The van der Waals surface area contributed by atoms with Gasteiger partial charge in [-0.3, -0.25) is 4.79 Å². The average molecular weight is 298 g/mol. The van der Waals surface area contributed by atoms with E-state index in [1.54, 1.807) is 12.1 Å².